The Morgan fingerprint density at radius 1 is 1.24 bits per heavy atom. The number of carbonyl (C=O) groups is 1. The zero-order valence-corrected chi connectivity index (χ0v) is 14.1. The number of amides is 1. The van der Waals surface area contributed by atoms with E-state index < -0.39 is 0 Å². The number of nitrogens with zero attached hydrogens (tertiary/aromatic N) is 3. The van der Waals surface area contributed by atoms with E-state index >= 15 is 0 Å². The lowest BCUT2D eigenvalue weighted by molar-refractivity contribution is -0.122. The van der Waals surface area contributed by atoms with Gasteiger partial charge in [-0.1, -0.05) is 30.3 Å². The third kappa shape index (κ3) is 3.04. The number of carbonyl (C=O) groups excluding carboxylic acids is 1. The fourth-order valence-electron chi connectivity index (χ4n) is 3.23. The van der Waals surface area contributed by atoms with Crippen molar-refractivity contribution in [3.63, 3.8) is 0 Å². The van der Waals surface area contributed by atoms with Crippen LogP contribution in [0, 0.1) is 0 Å². The summed E-state index contributed by atoms with van der Waals surface area (Å²) >= 11 is 0. The molecule has 4 rings (SSSR count). The topological polar surface area (TPSA) is 94.4 Å². The molecule has 1 aliphatic carbocycles. The summed E-state index contributed by atoms with van der Waals surface area (Å²) in [6.45, 7) is -0.125. The van der Waals surface area contributed by atoms with E-state index in [1.54, 1.807) is 24.4 Å². The van der Waals surface area contributed by atoms with Gasteiger partial charge in [0.05, 0.1) is 12.1 Å². The summed E-state index contributed by atoms with van der Waals surface area (Å²) in [7, 11) is 0. The normalized spacial score (nSPS) is 18.6. The zero-order valence-electron chi connectivity index (χ0n) is 13.3. The Morgan fingerprint density at radius 2 is 2.00 bits per heavy atom. The molecule has 2 atom stereocenters. The average molecular weight is 360 g/mol. The lowest BCUT2D eigenvalue weighted by atomic mass is 10.1. The summed E-state index contributed by atoms with van der Waals surface area (Å²) in [5.74, 6) is -0.270. The van der Waals surface area contributed by atoms with Crippen molar-refractivity contribution >= 4 is 24.0 Å². The Balaban J connectivity index is 0.00000182. The maximum absolute atomic E-state index is 12.3. The van der Waals surface area contributed by atoms with E-state index in [2.05, 4.69) is 10.4 Å². The lowest BCUT2D eigenvalue weighted by Crippen LogP contribution is -2.43. The van der Waals surface area contributed by atoms with Crippen molar-refractivity contribution in [1.29, 1.82) is 0 Å². The number of hydrogen-bond donors (Lipinski definition) is 2. The van der Waals surface area contributed by atoms with Gasteiger partial charge in [-0.25, -0.2) is 9.48 Å². The highest BCUT2D eigenvalue weighted by atomic mass is 35.5. The van der Waals surface area contributed by atoms with Gasteiger partial charge in [-0.2, -0.15) is 0 Å². The van der Waals surface area contributed by atoms with E-state index in [0.717, 1.165) is 15.8 Å². The van der Waals surface area contributed by atoms with Crippen LogP contribution in [0.15, 0.2) is 53.5 Å². The van der Waals surface area contributed by atoms with Gasteiger partial charge in [-0.05, 0) is 29.7 Å². The number of hydrogen-bond acceptors (Lipinski definition) is 4. The Bertz CT molecular complexity index is 980. The average Bonchev–Trinajstić information content (AvgIpc) is 3.06. The van der Waals surface area contributed by atoms with E-state index in [4.69, 9.17) is 5.73 Å². The summed E-state index contributed by atoms with van der Waals surface area (Å²) in [4.78, 5) is 24.5. The molecule has 25 heavy (non-hydrogen) atoms. The van der Waals surface area contributed by atoms with E-state index in [1.807, 2.05) is 24.3 Å². The molecule has 0 bridgehead atoms. The predicted molar refractivity (Wildman–Crippen MR) is 95.7 cm³/mol. The number of benzene rings is 1. The van der Waals surface area contributed by atoms with Crippen LogP contribution in [0.5, 0.6) is 0 Å². The second-order valence-electron chi connectivity index (χ2n) is 5.97. The molecule has 1 amide bonds. The fourth-order valence-corrected chi connectivity index (χ4v) is 3.23. The van der Waals surface area contributed by atoms with E-state index in [9.17, 15) is 9.59 Å². The standard InChI is InChI=1S/C17H17N5O2.ClH/c18-16-12-6-2-1-5-11(12)9-13(16)19-15(23)10-22-17(24)21-8-4-3-7-14(21)20-22;/h1-8,13,16H,9-10,18H2,(H,19,23);1H/t13-,16-;/m1./s1. The predicted octanol–water partition coefficient (Wildman–Crippen LogP) is 0.659. The highest BCUT2D eigenvalue weighted by molar-refractivity contribution is 5.85. The van der Waals surface area contributed by atoms with Crippen LogP contribution in [0.25, 0.3) is 5.65 Å². The first-order valence-electron chi connectivity index (χ1n) is 7.80. The van der Waals surface area contributed by atoms with Crippen molar-refractivity contribution in [2.45, 2.75) is 25.0 Å². The van der Waals surface area contributed by atoms with Crippen LogP contribution in [0.2, 0.25) is 0 Å². The van der Waals surface area contributed by atoms with Crippen LogP contribution in [-0.4, -0.2) is 26.1 Å². The number of nitrogens with two attached hydrogens (primary N) is 1. The summed E-state index contributed by atoms with van der Waals surface area (Å²) in [5.41, 5.74) is 8.62. The fraction of sp³-hybridized carbons (Fsp3) is 0.235. The van der Waals surface area contributed by atoms with Gasteiger partial charge in [0.15, 0.2) is 5.65 Å². The molecule has 0 saturated carbocycles. The van der Waals surface area contributed by atoms with E-state index in [1.165, 1.54) is 4.40 Å². The van der Waals surface area contributed by atoms with Crippen LogP contribution in [-0.2, 0) is 17.8 Å². The second kappa shape index (κ2) is 6.70. The molecule has 130 valence electrons. The number of nitrogens with one attached hydrogen (secondary N) is 1. The van der Waals surface area contributed by atoms with Gasteiger partial charge in [0, 0.05) is 6.20 Å². The summed E-state index contributed by atoms with van der Waals surface area (Å²) in [5, 5.41) is 7.08. The van der Waals surface area contributed by atoms with Crippen molar-refractivity contribution in [3.8, 4) is 0 Å². The monoisotopic (exact) mass is 359 g/mol. The first-order valence-corrected chi connectivity index (χ1v) is 7.80. The molecule has 8 heteroatoms. The molecule has 7 nitrogen and oxygen atoms in total. The minimum absolute atomic E-state index is 0. The van der Waals surface area contributed by atoms with Gasteiger partial charge in [-0.15, -0.1) is 17.5 Å². The quantitative estimate of drug-likeness (QED) is 0.718. The van der Waals surface area contributed by atoms with Crippen molar-refractivity contribution in [2.24, 2.45) is 5.73 Å². The molecule has 0 spiro atoms. The number of pyridine rings is 1. The first-order chi connectivity index (χ1) is 11.6. The maximum Gasteiger partial charge on any atom is 0.350 e. The first kappa shape index (κ1) is 17.2. The number of halogens is 1. The third-order valence-electron chi connectivity index (χ3n) is 4.42. The molecule has 0 fully saturated rings. The molecule has 0 aliphatic heterocycles. The van der Waals surface area contributed by atoms with Gasteiger partial charge in [0.1, 0.15) is 6.54 Å². The number of aromatic nitrogens is 3. The Hall–Kier alpha value is -2.64. The zero-order chi connectivity index (χ0) is 16.7. The minimum atomic E-state index is -0.334. The van der Waals surface area contributed by atoms with Crippen molar-refractivity contribution < 1.29 is 4.79 Å². The van der Waals surface area contributed by atoms with Gasteiger partial charge >= 0.3 is 5.69 Å². The highest BCUT2D eigenvalue weighted by Gasteiger charge is 2.30. The largest absolute Gasteiger partial charge is 0.350 e. The van der Waals surface area contributed by atoms with Gasteiger partial charge in [0.25, 0.3) is 0 Å². The molecule has 0 saturated heterocycles. The molecule has 3 aromatic rings. The Morgan fingerprint density at radius 3 is 2.76 bits per heavy atom. The van der Waals surface area contributed by atoms with E-state index in [0.29, 0.717) is 12.1 Å². The molecule has 0 radical (unpaired) electrons. The molecule has 2 aromatic heterocycles. The van der Waals surface area contributed by atoms with Crippen LogP contribution in [0.1, 0.15) is 17.2 Å². The van der Waals surface area contributed by atoms with Crippen LogP contribution < -0.4 is 16.7 Å². The second-order valence-corrected chi connectivity index (χ2v) is 5.97. The summed E-state index contributed by atoms with van der Waals surface area (Å²) < 4.78 is 2.57. The van der Waals surface area contributed by atoms with Crippen LogP contribution in [0.4, 0.5) is 0 Å². The smallest absolute Gasteiger partial charge is 0.350 e. The van der Waals surface area contributed by atoms with E-state index in [-0.39, 0.29) is 42.6 Å². The van der Waals surface area contributed by atoms with Gasteiger partial charge < -0.3 is 11.1 Å². The van der Waals surface area contributed by atoms with Crippen LogP contribution >= 0.6 is 12.4 Å². The van der Waals surface area contributed by atoms with Crippen molar-refractivity contribution in [2.75, 3.05) is 0 Å². The molecule has 3 N–H and O–H groups in total. The lowest BCUT2D eigenvalue weighted by Gasteiger charge is -2.17. The molecule has 2 heterocycles. The molecule has 0 unspecified atom stereocenters. The SMILES string of the molecule is Cl.N[C@@H]1c2ccccc2C[C@H]1NC(=O)Cn1nc2ccccn2c1=O. The van der Waals surface area contributed by atoms with Crippen molar-refractivity contribution in [3.05, 3.63) is 70.3 Å². The maximum atomic E-state index is 12.3. The molecule has 1 aliphatic rings. The third-order valence-corrected chi connectivity index (χ3v) is 4.42. The highest BCUT2D eigenvalue weighted by Crippen LogP contribution is 2.29. The number of rotatable bonds is 3. The molecule has 1 aromatic carbocycles. The summed E-state index contributed by atoms with van der Waals surface area (Å²) in [6, 6.07) is 12.8. The minimum Gasteiger partial charge on any atom is -0.350 e. The van der Waals surface area contributed by atoms with Gasteiger partial charge in [0.2, 0.25) is 5.91 Å². The molecular formula is C17H18ClN5O2. The Kier molecular flexibility index (Phi) is 4.61. The van der Waals surface area contributed by atoms with Crippen molar-refractivity contribution in [1.82, 2.24) is 19.5 Å². The van der Waals surface area contributed by atoms with Crippen LogP contribution in [0.3, 0.4) is 0 Å². The molecular weight excluding hydrogens is 342 g/mol. The summed E-state index contributed by atoms with van der Waals surface area (Å²) in [6.07, 6.45) is 2.33. The number of fused-ring (bicyclic) bond motifs is 2. The van der Waals surface area contributed by atoms with Gasteiger partial charge in [-0.3, -0.25) is 9.20 Å². The Labute approximate surface area is 149 Å².